The zero-order valence-electron chi connectivity index (χ0n) is 14.0. The van der Waals surface area contributed by atoms with Gasteiger partial charge < -0.3 is 23.8 Å². The molecule has 8 nitrogen and oxygen atoms in total. The maximum atomic E-state index is 12.4. The average molecular weight is 354 g/mol. The molecular formula is C18H14N2O6. The number of ether oxygens (including phenoxy) is 4. The normalized spacial score (nSPS) is 14.7. The first-order valence-electron chi connectivity index (χ1n) is 7.49. The Morgan fingerprint density at radius 2 is 1.81 bits per heavy atom. The number of nitrogens with zero attached hydrogens (tertiary/aromatic N) is 2. The predicted octanol–water partition coefficient (Wildman–Crippen LogP) is 1.78. The van der Waals surface area contributed by atoms with Crippen LogP contribution in [0, 0.1) is 11.3 Å². The third kappa shape index (κ3) is 2.86. The van der Waals surface area contributed by atoms with E-state index in [0.717, 1.165) is 0 Å². The number of anilines is 1. The number of carbonyl (C=O) groups excluding carboxylic acids is 2. The van der Waals surface area contributed by atoms with Crippen LogP contribution >= 0.6 is 0 Å². The van der Waals surface area contributed by atoms with E-state index in [4.69, 9.17) is 18.9 Å². The van der Waals surface area contributed by atoms with Gasteiger partial charge >= 0.3 is 11.9 Å². The number of allylic oxidation sites excluding steroid dienone is 2. The summed E-state index contributed by atoms with van der Waals surface area (Å²) in [6.07, 6.45) is 6.17. The Morgan fingerprint density at radius 3 is 2.46 bits per heavy atom. The van der Waals surface area contributed by atoms with Crippen molar-refractivity contribution in [2.45, 2.75) is 0 Å². The third-order valence-electron chi connectivity index (χ3n) is 3.76. The Balaban J connectivity index is 2.24. The second-order valence-electron chi connectivity index (χ2n) is 5.15. The van der Waals surface area contributed by atoms with E-state index in [1.165, 1.54) is 37.5 Å². The number of rotatable bonds is 3. The molecular weight excluding hydrogens is 340 g/mol. The van der Waals surface area contributed by atoms with Crippen LogP contribution in [0.25, 0.3) is 0 Å². The maximum absolute atomic E-state index is 12.4. The van der Waals surface area contributed by atoms with E-state index in [9.17, 15) is 14.9 Å². The van der Waals surface area contributed by atoms with Crippen molar-refractivity contribution < 1.29 is 28.5 Å². The topological polar surface area (TPSA) is 98.1 Å². The molecule has 0 spiro atoms. The summed E-state index contributed by atoms with van der Waals surface area (Å²) in [6.45, 7) is 0.0359. The highest BCUT2D eigenvalue weighted by atomic mass is 16.7. The van der Waals surface area contributed by atoms with Gasteiger partial charge in [-0.2, -0.15) is 5.26 Å². The van der Waals surface area contributed by atoms with Gasteiger partial charge in [0.15, 0.2) is 11.5 Å². The molecule has 2 aliphatic rings. The van der Waals surface area contributed by atoms with Crippen molar-refractivity contribution in [1.29, 1.82) is 5.26 Å². The van der Waals surface area contributed by atoms with E-state index >= 15 is 0 Å². The second-order valence-corrected chi connectivity index (χ2v) is 5.15. The molecule has 1 aromatic carbocycles. The van der Waals surface area contributed by atoms with Crippen LogP contribution in [0.2, 0.25) is 0 Å². The average Bonchev–Trinajstić information content (AvgIpc) is 3.01. The second kappa shape index (κ2) is 7.03. The van der Waals surface area contributed by atoms with E-state index in [1.54, 1.807) is 18.2 Å². The molecule has 1 aromatic rings. The summed E-state index contributed by atoms with van der Waals surface area (Å²) in [6, 6.07) is 5.13. The van der Waals surface area contributed by atoms with Crippen LogP contribution in [0.15, 0.2) is 47.8 Å². The number of fused-ring (bicyclic) bond motifs is 1. The SMILES string of the molecule is COC(=O)C1=C(C(=O)OC)N(c2cc3c(cc2C#N)OCO3)C=CC=C1. The highest BCUT2D eigenvalue weighted by Gasteiger charge is 2.30. The zero-order chi connectivity index (χ0) is 18.7. The zero-order valence-corrected chi connectivity index (χ0v) is 14.0. The van der Waals surface area contributed by atoms with Crippen molar-refractivity contribution in [2.24, 2.45) is 0 Å². The summed E-state index contributed by atoms with van der Waals surface area (Å²) in [5.41, 5.74) is 0.468. The molecule has 3 rings (SSSR count). The summed E-state index contributed by atoms with van der Waals surface area (Å²) in [4.78, 5) is 26.0. The van der Waals surface area contributed by atoms with Crippen molar-refractivity contribution >= 4 is 17.6 Å². The first-order chi connectivity index (χ1) is 12.6. The fourth-order valence-electron chi connectivity index (χ4n) is 2.57. The standard InChI is InChI=1S/C18H14N2O6/c1-23-17(21)12-5-3-4-6-20(16(12)18(22)24-2)13-8-15-14(25-10-26-15)7-11(13)9-19/h3-8H,10H2,1-2H3. The lowest BCUT2D eigenvalue weighted by Gasteiger charge is -2.24. The van der Waals surface area contributed by atoms with Gasteiger partial charge in [0.05, 0.1) is 31.0 Å². The number of methoxy groups -OCH3 is 2. The quantitative estimate of drug-likeness (QED) is 0.758. The first-order valence-corrected chi connectivity index (χ1v) is 7.49. The maximum Gasteiger partial charge on any atom is 0.355 e. The van der Waals surface area contributed by atoms with Crippen LogP contribution in [-0.4, -0.2) is 33.0 Å². The Labute approximate surface area is 149 Å². The van der Waals surface area contributed by atoms with Gasteiger partial charge in [-0.15, -0.1) is 0 Å². The molecule has 0 N–H and O–H groups in total. The van der Waals surface area contributed by atoms with Crippen molar-refractivity contribution in [2.75, 3.05) is 25.9 Å². The molecule has 0 amide bonds. The van der Waals surface area contributed by atoms with Crippen LogP contribution in [0.3, 0.4) is 0 Å². The summed E-state index contributed by atoms with van der Waals surface area (Å²) < 4.78 is 20.2. The summed E-state index contributed by atoms with van der Waals surface area (Å²) in [7, 11) is 2.41. The van der Waals surface area contributed by atoms with Crippen LogP contribution < -0.4 is 14.4 Å². The number of nitriles is 1. The van der Waals surface area contributed by atoms with Crippen molar-refractivity contribution in [3.63, 3.8) is 0 Å². The van der Waals surface area contributed by atoms with Gasteiger partial charge in [-0.3, -0.25) is 0 Å². The van der Waals surface area contributed by atoms with Gasteiger partial charge in [-0.1, -0.05) is 6.08 Å². The molecule has 2 aliphatic heterocycles. The Morgan fingerprint density at radius 1 is 1.12 bits per heavy atom. The molecule has 0 saturated heterocycles. The van der Waals surface area contributed by atoms with Gasteiger partial charge in [0.25, 0.3) is 0 Å². The highest BCUT2D eigenvalue weighted by Crippen LogP contribution is 2.40. The monoisotopic (exact) mass is 354 g/mol. The van der Waals surface area contributed by atoms with Gasteiger partial charge in [0.2, 0.25) is 6.79 Å². The Kier molecular flexibility index (Phi) is 4.62. The van der Waals surface area contributed by atoms with Gasteiger partial charge in [0, 0.05) is 18.3 Å². The molecule has 0 radical (unpaired) electrons. The molecule has 26 heavy (non-hydrogen) atoms. The molecule has 0 aromatic heterocycles. The summed E-state index contributed by atoms with van der Waals surface area (Å²) in [5, 5.41) is 9.52. The van der Waals surface area contributed by atoms with Crippen molar-refractivity contribution in [3.05, 3.63) is 53.4 Å². The van der Waals surface area contributed by atoms with E-state index in [-0.39, 0.29) is 23.6 Å². The van der Waals surface area contributed by atoms with Crippen LogP contribution in [0.5, 0.6) is 11.5 Å². The fraction of sp³-hybridized carbons (Fsp3) is 0.167. The number of esters is 2. The Bertz CT molecular complexity index is 907. The fourth-order valence-corrected chi connectivity index (χ4v) is 2.57. The minimum absolute atomic E-state index is 0.00842. The Hall–Kier alpha value is -3.73. The summed E-state index contributed by atoms with van der Waals surface area (Å²) >= 11 is 0. The number of benzene rings is 1. The predicted molar refractivity (Wildman–Crippen MR) is 89.1 cm³/mol. The molecule has 2 heterocycles. The smallest absolute Gasteiger partial charge is 0.355 e. The number of carbonyl (C=O) groups is 2. The minimum Gasteiger partial charge on any atom is -0.465 e. The van der Waals surface area contributed by atoms with Crippen LogP contribution in [0.4, 0.5) is 5.69 Å². The lowest BCUT2D eigenvalue weighted by atomic mass is 10.1. The molecule has 0 aliphatic carbocycles. The largest absolute Gasteiger partial charge is 0.465 e. The van der Waals surface area contributed by atoms with Crippen LogP contribution in [-0.2, 0) is 19.1 Å². The molecule has 132 valence electrons. The highest BCUT2D eigenvalue weighted by molar-refractivity contribution is 6.05. The third-order valence-corrected chi connectivity index (χ3v) is 3.76. The van der Waals surface area contributed by atoms with E-state index in [1.807, 2.05) is 0 Å². The molecule has 0 fully saturated rings. The van der Waals surface area contributed by atoms with E-state index in [2.05, 4.69) is 6.07 Å². The number of hydrogen-bond acceptors (Lipinski definition) is 8. The minimum atomic E-state index is -0.761. The van der Waals surface area contributed by atoms with Gasteiger partial charge in [0.1, 0.15) is 11.8 Å². The van der Waals surface area contributed by atoms with Crippen LogP contribution in [0.1, 0.15) is 5.56 Å². The summed E-state index contributed by atoms with van der Waals surface area (Å²) in [5.74, 6) is -0.620. The van der Waals surface area contributed by atoms with Gasteiger partial charge in [-0.05, 0) is 12.2 Å². The molecule has 0 saturated carbocycles. The van der Waals surface area contributed by atoms with Crippen molar-refractivity contribution in [3.8, 4) is 17.6 Å². The molecule has 0 atom stereocenters. The molecule has 0 unspecified atom stereocenters. The van der Waals surface area contributed by atoms with E-state index in [0.29, 0.717) is 17.2 Å². The number of hydrogen-bond donors (Lipinski definition) is 0. The first kappa shape index (κ1) is 17.1. The van der Waals surface area contributed by atoms with Gasteiger partial charge in [-0.25, -0.2) is 9.59 Å². The van der Waals surface area contributed by atoms with E-state index < -0.39 is 11.9 Å². The molecule has 8 heteroatoms. The van der Waals surface area contributed by atoms with Crippen molar-refractivity contribution in [1.82, 2.24) is 0 Å². The molecule has 0 bridgehead atoms. The lowest BCUT2D eigenvalue weighted by Crippen LogP contribution is -2.27. The lowest BCUT2D eigenvalue weighted by molar-refractivity contribution is -0.139.